The molecule has 0 radical (unpaired) electrons. The van der Waals surface area contributed by atoms with Gasteiger partial charge in [0.2, 0.25) is 0 Å². The third-order valence-corrected chi connectivity index (χ3v) is 20.0. The van der Waals surface area contributed by atoms with E-state index >= 15 is 0 Å². The molecule has 0 heterocycles. The van der Waals surface area contributed by atoms with E-state index in [0.29, 0.717) is 31.2 Å². The first kappa shape index (κ1) is 58.9. The molecule has 2 unspecified atom stereocenters. The summed E-state index contributed by atoms with van der Waals surface area (Å²) in [6.45, 7) is -17.5. The smallest absolute Gasteiger partial charge is 0.165 e. The first-order valence-corrected chi connectivity index (χ1v) is 47.2. The van der Waals surface area contributed by atoms with Gasteiger partial charge in [-0.15, -0.1) is 0 Å². The van der Waals surface area contributed by atoms with Crippen LogP contribution in [0.5, 0.6) is 0 Å². The zero-order chi connectivity index (χ0) is 171. The lowest BCUT2D eigenvalue weighted by Crippen LogP contribution is -2.18. The van der Waals surface area contributed by atoms with E-state index < -0.39 is 396 Å². The largest absolute Gasteiger partial charge is 0.294 e. The van der Waals surface area contributed by atoms with E-state index in [2.05, 4.69) is 0 Å². The Morgan fingerprint density at radius 3 is 0.493 bits per heavy atom. The third kappa shape index (κ3) is 60.3. The van der Waals surface area contributed by atoms with Gasteiger partial charge in [0.15, 0.2) is 52.0 Å². The zero-order valence-electron chi connectivity index (χ0n) is 154. The maximum absolute atomic E-state index is 13.0. The summed E-state index contributed by atoms with van der Waals surface area (Å²) in [5.41, 5.74) is -18.9. The van der Waals surface area contributed by atoms with Crippen LogP contribution in [0.1, 0.15) is 495 Å². The molecule has 0 N–H and O–H groups in total. The first-order chi connectivity index (χ1) is 94.0. The van der Waals surface area contributed by atoms with E-state index in [1.54, 1.807) is 88.4 Å². The predicted octanol–water partition coefficient (Wildman–Crippen LogP) is 41.4. The van der Waals surface area contributed by atoms with Crippen molar-refractivity contribution in [2.45, 2.75) is 306 Å². The number of hydrogen-bond donors (Lipinski definition) is 0. The maximum Gasteiger partial charge on any atom is 0.165 e. The normalized spacial score (nSPS) is 23.9. The Kier molecular flexibility index (Phi) is 25.2. The fourth-order valence-corrected chi connectivity index (χ4v) is 14.4. The van der Waals surface area contributed by atoms with Gasteiger partial charge in [-0.05, 0) is 216 Å². The molecule has 0 fully saturated rings. The summed E-state index contributed by atoms with van der Waals surface area (Å²) in [4.78, 5) is 114. The molecule has 9 rings (SSSR count). The average molecular weight is 2220 g/mol. The van der Waals surface area contributed by atoms with Crippen molar-refractivity contribution >= 4 is 156 Å². The Labute approximate surface area is 1010 Å². The number of carbonyl (C=O) groups is 9. The van der Waals surface area contributed by atoms with E-state index in [1.165, 1.54) is 102 Å². The van der Waals surface area contributed by atoms with Crippen molar-refractivity contribution in [1.29, 1.82) is 0 Å². The molecule has 18 heteroatoms. The number of hydrogen-bond acceptors (Lipinski definition) is 9. The molecule has 0 saturated heterocycles. The number of benzene rings is 9. The molecule has 0 aliphatic carbocycles. The number of rotatable bonds is 27. The lowest BCUT2D eigenvalue weighted by atomic mass is 9.82. The van der Waals surface area contributed by atoms with Crippen LogP contribution in [-0.4, -0.2) is 52.0 Å². The summed E-state index contributed by atoms with van der Waals surface area (Å²) in [6, 6.07) is 19.7. The van der Waals surface area contributed by atoms with Crippen molar-refractivity contribution in [3.8, 4) is 0 Å². The Hall–Kier alpha value is -7.38. The number of carbonyl (C=O) groups excluding carboxylic acids is 9. The quantitative estimate of drug-likeness (QED) is 0.0458. The highest BCUT2D eigenvalue weighted by molar-refractivity contribution is 6.34. The van der Waals surface area contributed by atoms with Gasteiger partial charge in [0, 0.05) is 222 Å². The van der Waals surface area contributed by atoms with E-state index in [-0.39, 0.29) is 79.4 Å². The van der Waals surface area contributed by atoms with Gasteiger partial charge in [-0.25, -0.2) is 0 Å². The molecule has 9 atom stereocenters. The van der Waals surface area contributed by atoms with Crippen molar-refractivity contribution < 1.29 is 139 Å². The molecule has 0 aliphatic rings. The molecule has 792 valence electrons. The predicted molar refractivity (Wildman–Crippen MR) is 621 cm³/mol. The molecule has 0 saturated carbocycles. The highest BCUT2D eigenvalue weighted by Crippen LogP contribution is 2.37. The minimum atomic E-state index is -3.64. The van der Waals surface area contributed by atoms with E-state index in [9.17, 15) is 43.2 Å². The molecular weight excluding hydrogens is 1980 g/mol. The van der Waals surface area contributed by atoms with Crippen LogP contribution in [0.2, 0.25) is 45.2 Å². The summed E-state index contributed by atoms with van der Waals surface area (Å²) in [5, 5.41) is -0.337. The van der Waals surface area contributed by atoms with Crippen LogP contribution in [0.4, 0.5) is 0 Å². The van der Waals surface area contributed by atoms with Crippen molar-refractivity contribution in [2.75, 3.05) is 0 Å². The Bertz CT molecular complexity index is 8230. The van der Waals surface area contributed by atoms with Crippen molar-refractivity contribution in [2.24, 2.45) is 102 Å². The summed E-state index contributed by atoms with van der Waals surface area (Å²) < 4.78 is 540. The molecule has 0 aromatic heterocycles. The van der Waals surface area contributed by atoms with Crippen molar-refractivity contribution in [3.05, 3.63) is 313 Å². The van der Waals surface area contributed by atoms with Gasteiger partial charge >= 0.3 is 0 Å². The first-order valence-electron chi connectivity index (χ1n) is 78.8. The van der Waals surface area contributed by atoms with Crippen LogP contribution in [0.3, 0.4) is 0 Å². The van der Waals surface area contributed by atoms with Crippen LogP contribution < -0.4 is 0 Å². The zero-order valence-corrected chi connectivity index (χ0v) is 90.8. The highest BCUT2D eigenvalue weighted by atomic mass is 35.5. The monoisotopic (exact) mass is 2210 g/mol. The van der Waals surface area contributed by atoms with Crippen LogP contribution in [0, 0.1) is 102 Å². The Morgan fingerprint density at radius 2 is 0.347 bits per heavy atom. The van der Waals surface area contributed by atoms with Crippen molar-refractivity contribution in [1.82, 2.24) is 0 Å². The number of Topliss-reactive ketones (excluding diaryl/α,β-unsaturated/α-hetero) is 9. The van der Waals surface area contributed by atoms with E-state index in [4.69, 9.17) is 200 Å². The molecule has 144 heavy (non-hydrogen) atoms. The van der Waals surface area contributed by atoms with Gasteiger partial charge in [0.1, 0.15) is 0 Å². The topological polar surface area (TPSA) is 154 Å². The highest BCUT2D eigenvalue weighted by Gasteiger charge is 2.31. The third-order valence-electron chi connectivity index (χ3n) is 18.0. The summed E-state index contributed by atoms with van der Waals surface area (Å²) in [6.07, 6.45) is -5.03. The lowest BCUT2D eigenvalue weighted by Gasteiger charge is -2.22. The second-order valence-electron chi connectivity index (χ2n) is 38.2. The molecule has 9 aromatic rings. The number of halogens is 9. The van der Waals surface area contributed by atoms with Gasteiger partial charge in [-0.1, -0.05) is 462 Å². The fraction of sp³-hybridized carbons (Fsp3) is 0.500. The van der Waals surface area contributed by atoms with Crippen LogP contribution >= 0.6 is 104 Å². The summed E-state index contributed by atoms with van der Waals surface area (Å²) >= 11 is 52.2. The van der Waals surface area contributed by atoms with Gasteiger partial charge in [-0.3, -0.25) is 43.2 Å². The molecule has 9 aromatic carbocycles. The van der Waals surface area contributed by atoms with Gasteiger partial charge in [-0.2, -0.15) is 0 Å². The van der Waals surface area contributed by atoms with Gasteiger partial charge in [0.25, 0.3) is 0 Å². The molecule has 0 spiro atoms. The SMILES string of the molecule is [2H]C([2H])([2H])C(C)(C)C[C@@]([2H])(C)C(=O)c1cccc(Cl)c1.[2H]C([2H])([2H])C(C)(C)C[C@]([2H])(C)C(=O)c1cccc(Cl)c1.[2H]C([2H])([2H])C(C)(C[C@@]([2H])(C)C(=O)c1cccc(Cl)c1)C([2H])([2H])[2H].[2H]C([2H])([2H])C(C)(C[C@]([2H])(C)C(=O)c1cccc(Cl)c1)C([2H])([2H])[2H].[2H]C([2H])([2H])C(C[C@@]([2H])(C)C(=O)c1cccc(Cl)c1)(C([2H])([2H])[2H])C([2H])([2H])[2H].[2H]c1c([2H])c(Cl)c([2H])c(C(=O)C([2H])(C)CC(C([2H])([2H])[2H])(C([2H])([2H])[2H])C([2H])([2H])[2H])c1[2H].[2H]c1c([2H])c(Cl)c([2H])c(C(=O)C([2H])(C)CC(C)(C)C)c1[2H].[2H]c1c([2H])c(Cl)c([2H])c(C(=O)[C@]([2H])(C)CC(C([2H])([2H])[2H])(C([2H])([2H])[2H])C([2H])([2H])[2H])c1[2H].[2H]c1c([2H])c(Cl)c([2H])c(C(=O)[C@]([2H])(C)CC(C)(C)C)c1[2H]. The summed E-state index contributed by atoms with van der Waals surface area (Å²) in [5.74, 6) is -25.1. The summed E-state index contributed by atoms with van der Waals surface area (Å²) in [7, 11) is 0. The average Bonchev–Trinajstić information content (AvgIpc) is 0.728. The second kappa shape index (κ2) is 61.7. The van der Waals surface area contributed by atoms with Crippen LogP contribution in [0.15, 0.2) is 218 Å². The number of ketones is 9. The molecular formula is C126H171Cl9O9. The standard InChI is InChI=1S/9C14H19ClO/c9*1-10(9-14(2,3)4)13(16)11-6-5-7-12(15)8-11/h9*5-8,10H,9H2,1-4H3/t7*10-;;/m1111100../s1/i2D3,3D3,4D3,5D,6D,7D,8D,10D;5D,6D,7D,8D,10D;2D3,3D3,4D3,10D;2D3,3D3,10D;2D3,10D;2D3,3D3,10D;2D3,10D;2D3,3D3,4D3,5D,6D,7D,8D,10D;5D,6D,7D,8D,10D. The van der Waals surface area contributed by atoms with Crippen LogP contribution in [0.25, 0.3) is 0 Å². The maximum atomic E-state index is 13.0. The molecule has 0 amide bonds. The van der Waals surface area contributed by atoms with Gasteiger partial charge < -0.3 is 0 Å². The van der Waals surface area contributed by atoms with E-state index in [0.717, 1.165) is 34.6 Å². The molecule has 0 aliphatic heterocycles. The Balaban J connectivity index is 0.00000121. The Morgan fingerprint density at radius 1 is 0.208 bits per heavy atom. The minimum absolute atomic E-state index is 0.0366. The minimum Gasteiger partial charge on any atom is -0.294 e. The van der Waals surface area contributed by atoms with Gasteiger partial charge in [0.05, 0.1) is 21.9 Å². The molecule has 9 nitrogen and oxygen atoms in total. The fourth-order valence-electron chi connectivity index (χ4n) is 12.9. The molecule has 0 bridgehead atoms. The van der Waals surface area contributed by atoms with Crippen molar-refractivity contribution in [3.63, 3.8) is 0 Å². The van der Waals surface area contributed by atoms with Crippen LogP contribution in [-0.2, 0) is 0 Å². The van der Waals surface area contributed by atoms with E-state index in [1.807, 2.05) is 41.5 Å². The lowest BCUT2D eigenvalue weighted by molar-refractivity contribution is 0.0891. The second-order valence-corrected chi connectivity index (χ2v) is 41.8.